The molecule has 1 heterocycles. The lowest BCUT2D eigenvalue weighted by Crippen LogP contribution is -2.14. The third kappa shape index (κ3) is 3.66. The summed E-state index contributed by atoms with van der Waals surface area (Å²) in [5.41, 5.74) is 5.93. The normalized spacial score (nSPS) is 11.1. The van der Waals surface area contributed by atoms with E-state index in [2.05, 4.69) is 5.32 Å². The number of hydrogen-bond donors (Lipinski definition) is 3. The van der Waals surface area contributed by atoms with Gasteiger partial charge in [-0.3, -0.25) is 9.59 Å². The standard InChI is InChI=1S/C12H11N3O4S2/c13-11(16)7-2-1-3-9(4-7)15-12(17)8-5-10(20-6-8)21(14,18)19/h1-6H,(H2,13,16)(H,15,17)(H2,14,18,19). The Bertz CT molecular complexity index is 811. The van der Waals surface area contributed by atoms with Crippen LogP contribution in [0.3, 0.4) is 0 Å². The molecule has 7 nitrogen and oxygen atoms in total. The molecule has 1 aromatic heterocycles. The molecule has 1 aromatic carbocycles. The van der Waals surface area contributed by atoms with E-state index in [1.165, 1.54) is 23.6 Å². The molecule has 2 amide bonds. The third-order valence-electron chi connectivity index (χ3n) is 2.52. The van der Waals surface area contributed by atoms with Crippen LogP contribution in [0.4, 0.5) is 5.69 Å². The Morgan fingerprint density at radius 2 is 1.86 bits per heavy atom. The number of nitrogens with two attached hydrogens (primary N) is 2. The Labute approximate surface area is 124 Å². The molecule has 21 heavy (non-hydrogen) atoms. The zero-order chi connectivity index (χ0) is 15.6. The smallest absolute Gasteiger partial charge is 0.256 e. The van der Waals surface area contributed by atoms with Gasteiger partial charge in [-0.15, -0.1) is 11.3 Å². The van der Waals surface area contributed by atoms with Crippen molar-refractivity contribution < 1.29 is 18.0 Å². The molecule has 0 radical (unpaired) electrons. The number of anilines is 1. The quantitative estimate of drug-likeness (QED) is 0.765. The van der Waals surface area contributed by atoms with Gasteiger partial charge in [0.25, 0.3) is 5.91 Å². The van der Waals surface area contributed by atoms with Crippen molar-refractivity contribution in [3.05, 3.63) is 46.8 Å². The molecule has 0 saturated carbocycles. The van der Waals surface area contributed by atoms with Gasteiger partial charge in [-0.1, -0.05) is 6.07 Å². The van der Waals surface area contributed by atoms with E-state index in [4.69, 9.17) is 10.9 Å². The van der Waals surface area contributed by atoms with Crippen molar-refractivity contribution in [1.82, 2.24) is 0 Å². The fourth-order valence-electron chi connectivity index (χ4n) is 1.54. The summed E-state index contributed by atoms with van der Waals surface area (Å²) in [4.78, 5) is 23.0. The fraction of sp³-hybridized carbons (Fsp3) is 0. The summed E-state index contributed by atoms with van der Waals surface area (Å²) >= 11 is 0.856. The van der Waals surface area contributed by atoms with Crippen LogP contribution in [0.2, 0.25) is 0 Å². The van der Waals surface area contributed by atoms with Crippen molar-refractivity contribution in [2.24, 2.45) is 10.9 Å². The Hall–Kier alpha value is -2.23. The highest BCUT2D eigenvalue weighted by Crippen LogP contribution is 2.20. The number of carbonyl (C=O) groups excluding carboxylic acids is 2. The highest BCUT2D eigenvalue weighted by atomic mass is 32.2. The second-order valence-corrected chi connectivity index (χ2v) is 6.80. The summed E-state index contributed by atoms with van der Waals surface area (Å²) in [7, 11) is -3.83. The van der Waals surface area contributed by atoms with Crippen molar-refractivity contribution >= 4 is 38.9 Å². The van der Waals surface area contributed by atoms with E-state index in [0.29, 0.717) is 5.69 Å². The molecular formula is C12H11N3O4S2. The first-order chi connectivity index (χ1) is 9.77. The van der Waals surface area contributed by atoms with E-state index < -0.39 is 21.8 Å². The van der Waals surface area contributed by atoms with Crippen LogP contribution in [-0.2, 0) is 10.0 Å². The minimum Gasteiger partial charge on any atom is -0.366 e. The number of nitrogens with one attached hydrogen (secondary N) is 1. The first-order valence-corrected chi connectivity index (χ1v) is 8.02. The summed E-state index contributed by atoms with van der Waals surface area (Å²) in [6, 6.07) is 7.28. The summed E-state index contributed by atoms with van der Waals surface area (Å²) in [5.74, 6) is -1.12. The lowest BCUT2D eigenvalue weighted by Gasteiger charge is -2.04. The number of sulfonamides is 1. The Kier molecular flexibility index (Phi) is 4.07. The molecule has 0 aliphatic heterocycles. The van der Waals surface area contributed by atoms with Gasteiger partial charge in [0.05, 0.1) is 5.56 Å². The Morgan fingerprint density at radius 3 is 2.43 bits per heavy atom. The molecule has 0 atom stereocenters. The van der Waals surface area contributed by atoms with Gasteiger partial charge in [-0.2, -0.15) is 0 Å². The first kappa shape index (κ1) is 15.2. The van der Waals surface area contributed by atoms with E-state index in [9.17, 15) is 18.0 Å². The van der Waals surface area contributed by atoms with Crippen molar-refractivity contribution in [2.75, 3.05) is 5.32 Å². The maximum absolute atomic E-state index is 12.0. The number of rotatable bonds is 4. The van der Waals surface area contributed by atoms with Crippen LogP contribution >= 0.6 is 11.3 Å². The van der Waals surface area contributed by atoms with Crippen LogP contribution in [0.1, 0.15) is 20.7 Å². The van der Waals surface area contributed by atoms with Crippen LogP contribution in [-0.4, -0.2) is 20.2 Å². The topological polar surface area (TPSA) is 132 Å². The van der Waals surface area contributed by atoms with Gasteiger partial charge in [0.1, 0.15) is 4.21 Å². The van der Waals surface area contributed by atoms with E-state index in [0.717, 1.165) is 11.3 Å². The van der Waals surface area contributed by atoms with Gasteiger partial charge in [0.2, 0.25) is 15.9 Å². The Balaban J connectivity index is 2.20. The average molecular weight is 325 g/mol. The van der Waals surface area contributed by atoms with Gasteiger partial charge in [-0.25, -0.2) is 13.6 Å². The van der Waals surface area contributed by atoms with Gasteiger partial charge in [0, 0.05) is 16.6 Å². The van der Waals surface area contributed by atoms with E-state index in [-0.39, 0.29) is 15.3 Å². The number of amides is 2. The van der Waals surface area contributed by atoms with Gasteiger partial charge < -0.3 is 11.1 Å². The summed E-state index contributed by atoms with van der Waals surface area (Å²) < 4.78 is 22.2. The van der Waals surface area contributed by atoms with Gasteiger partial charge >= 0.3 is 0 Å². The highest BCUT2D eigenvalue weighted by molar-refractivity contribution is 7.91. The predicted molar refractivity (Wildman–Crippen MR) is 78.6 cm³/mol. The zero-order valence-corrected chi connectivity index (χ0v) is 12.2. The van der Waals surface area contributed by atoms with E-state index in [1.807, 2.05) is 0 Å². The SMILES string of the molecule is NC(=O)c1cccc(NC(=O)c2csc(S(N)(=O)=O)c2)c1. The Morgan fingerprint density at radius 1 is 1.14 bits per heavy atom. The minimum atomic E-state index is -3.83. The van der Waals surface area contributed by atoms with Crippen LogP contribution in [0.5, 0.6) is 0 Å². The summed E-state index contributed by atoms with van der Waals surface area (Å²) in [6.45, 7) is 0. The first-order valence-electron chi connectivity index (χ1n) is 5.60. The summed E-state index contributed by atoms with van der Waals surface area (Å²) in [5, 5.41) is 8.90. The molecule has 0 spiro atoms. The van der Waals surface area contributed by atoms with E-state index >= 15 is 0 Å². The molecular weight excluding hydrogens is 314 g/mol. The molecule has 0 bridgehead atoms. The van der Waals surface area contributed by atoms with Crippen molar-refractivity contribution in [3.8, 4) is 0 Å². The number of carbonyl (C=O) groups is 2. The monoisotopic (exact) mass is 325 g/mol. The largest absolute Gasteiger partial charge is 0.366 e. The van der Waals surface area contributed by atoms with Gasteiger partial charge in [0.15, 0.2) is 0 Å². The molecule has 9 heteroatoms. The van der Waals surface area contributed by atoms with Crippen LogP contribution in [0.25, 0.3) is 0 Å². The number of hydrogen-bond acceptors (Lipinski definition) is 5. The third-order valence-corrected chi connectivity index (χ3v) is 4.91. The van der Waals surface area contributed by atoms with Crippen LogP contribution < -0.4 is 16.2 Å². The molecule has 0 aliphatic rings. The second kappa shape index (κ2) is 5.64. The van der Waals surface area contributed by atoms with Crippen LogP contribution in [0, 0.1) is 0 Å². The number of primary amides is 1. The molecule has 0 fully saturated rings. The van der Waals surface area contributed by atoms with Crippen molar-refractivity contribution in [2.45, 2.75) is 4.21 Å². The number of thiophene rings is 1. The lowest BCUT2D eigenvalue weighted by molar-refractivity contribution is 0.0996. The fourth-order valence-corrected chi connectivity index (χ4v) is 3.12. The number of primary sulfonamides is 1. The minimum absolute atomic E-state index is 0.0986. The van der Waals surface area contributed by atoms with Crippen molar-refractivity contribution in [3.63, 3.8) is 0 Å². The molecule has 0 aliphatic carbocycles. The van der Waals surface area contributed by atoms with E-state index in [1.54, 1.807) is 12.1 Å². The number of benzene rings is 1. The van der Waals surface area contributed by atoms with Gasteiger partial charge in [-0.05, 0) is 24.3 Å². The molecule has 2 aromatic rings. The van der Waals surface area contributed by atoms with Crippen LogP contribution in [0.15, 0.2) is 39.9 Å². The molecule has 110 valence electrons. The lowest BCUT2D eigenvalue weighted by atomic mass is 10.2. The molecule has 5 N–H and O–H groups in total. The average Bonchev–Trinajstić information content (AvgIpc) is 2.88. The maximum Gasteiger partial charge on any atom is 0.256 e. The second-order valence-electron chi connectivity index (χ2n) is 4.10. The highest BCUT2D eigenvalue weighted by Gasteiger charge is 2.15. The molecule has 0 unspecified atom stereocenters. The predicted octanol–water partition coefficient (Wildman–Crippen LogP) is 0.747. The summed E-state index contributed by atoms with van der Waals surface area (Å²) in [6.07, 6.45) is 0. The molecule has 0 saturated heterocycles. The van der Waals surface area contributed by atoms with Crippen molar-refractivity contribution in [1.29, 1.82) is 0 Å². The maximum atomic E-state index is 12.0. The molecule has 2 rings (SSSR count). The zero-order valence-electron chi connectivity index (χ0n) is 10.6.